The average Bonchev–Trinajstić information content (AvgIpc) is 2.89. The van der Waals surface area contributed by atoms with Gasteiger partial charge in [0.15, 0.2) is 5.71 Å². The number of nitrogen functional groups attached to an aromatic ring is 1. The summed E-state index contributed by atoms with van der Waals surface area (Å²) in [6, 6.07) is 17.1. The van der Waals surface area contributed by atoms with Gasteiger partial charge in [0.1, 0.15) is 14.1 Å². The van der Waals surface area contributed by atoms with Crippen molar-refractivity contribution in [2.45, 2.75) is 0 Å². The zero-order valence-corrected chi connectivity index (χ0v) is 20.5. The molecular formula is C29H30N3OS+. The number of hydrogen-bond donors (Lipinski definition) is 1. The van der Waals surface area contributed by atoms with Crippen molar-refractivity contribution >= 4 is 38.7 Å². The van der Waals surface area contributed by atoms with Gasteiger partial charge in [-0.2, -0.15) is 0 Å². The summed E-state index contributed by atoms with van der Waals surface area (Å²) >= 11 is 1.81. The first-order chi connectivity index (χ1) is 16.6. The van der Waals surface area contributed by atoms with Gasteiger partial charge in [0.2, 0.25) is 0 Å². The van der Waals surface area contributed by atoms with Gasteiger partial charge in [-0.3, -0.25) is 0 Å². The lowest BCUT2D eigenvalue weighted by atomic mass is 9.99. The lowest BCUT2D eigenvalue weighted by molar-refractivity contribution is -0.462. The summed E-state index contributed by atoms with van der Waals surface area (Å²) in [4.78, 5) is 4.86. The molecule has 2 N–H and O–H groups in total. The van der Waals surface area contributed by atoms with Gasteiger partial charge in [-0.15, -0.1) is 0 Å². The second-order valence-electron chi connectivity index (χ2n) is 8.78. The van der Waals surface area contributed by atoms with E-state index in [1.807, 2.05) is 23.9 Å². The number of rotatable bonds is 3. The molecule has 172 valence electrons. The summed E-state index contributed by atoms with van der Waals surface area (Å²) in [5.74, 6) is 0. The van der Waals surface area contributed by atoms with E-state index in [-0.39, 0.29) is 0 Å². The molecule has 1 saturated heterocycles. The molecule has 0 spiro atoms. The average molecular weight is 469 g/mol. The zero-order chi connectivity index (χ0) is 23.5. The Balaban J connectivity index is 1.51. The van der Waals surface area contributed by atoms with E-state index in [0.717, 1.165) is 32.0 Å². The van der Waals surface area contributed by atoms with Gasteiger partial charge in [0.25, 0.3) is 0 Å². The van der Waals surface area contributed by atoms with Gasteiger partial charge < -0.3 is 15.4 Å². The Kier molecular flexibility index (Phi) is 6.57. The molecule has 34 heavy (non-hydrogen) atoms. The minimum Gasteiger partial charge on any atom is -0.399 e. The fourth-order valence-corrected chi connectivity index (χ4v) is 5.33. The molecule has 4 nitrogen and oxygen atoms in total. The van der Waals surface area contributed by atoms with E-state index in [1.165, 1.54) is 43.5 Å². The van der Waals surface area contributed by atoms with E-state index in [1.54, 1.807) is 0 Å². The Morgan fingerprint density at radius 2 is 1.32 bits per heavy atom. The topological polar surface area (TPSA) is 41.5 Å². The van der Waals surface area contributed by atoms with Crippen molar-refractivity contribution in [3.05, 3.63) is 107 Å². The maximum atomic E-state index is 5.95. The zero-order valence-electron chi connectivity index (χ0n) is 19.7. The van der Waals surface area contributed by atoms with Crippen molar-refractivity contribution in [2.75, 3.05) is 51.0 Å². The van der Waals surface area contributed by atoms with Crippen LogP contribution in [0, 0.1) is 0 Å². The van der Waals surface area contributed by atoms with Crippen LogP contribution >= 0.6 is 11.8 Å². The second kappa shape index (κ2) is 9.92. The molecule has 0 aromatic heterocycles. The van der Waals surface area contributed by atoms with Crippen LogP contribution in [0.1, 0.15) is 11.1 Å². The lowest BCUT2D eigenvalue weighted by Crippen LogP contribution is -2.36. The normalized spacial score (nSPS) is 18.2. The molecule has 2 aliphatic heterocycles. The van der Waals surface area contributed by atoms with Crippen molar-refractivity contribution in [2.24, 2.45) is 0 Å². The van der Waals surface area contributed by atoms with Crippen LogP contribution in [0.4, 0.5) is 11.4 Å². The largest absolute Gasteiger partial charge is 0.399 e. The summed E-state index contributed by atoms with van der Waals surface area (Å²) < 4.78 is 7.63. The first kappa shape index (κ1) is 22.5. The van der Waals surface area contributed by atoms with Crippen LogP contribution in [0.15, 0.2) is 96.1 Å². The van der Waals surface area contributed by atoms with Crippen molar-refractivity contribution in [3.63, 3.8) is 0 Å². The van der Waals surface area contributed by atoms with E-state index >= 15 is 0 Å². The third-order valence-electron chi connectivity index (χ3n) is 6.23. The standard InChI is InChI=1S/C29H29N3OS/c1-31(2)26-11-5-21(6-12-26)24-19-28(22-3-9-25(30)10-4-22)34-29(20-24)23-7-13-27(14-8-23)32-15-17-33-18-16-32/h3-14,19-20,30H,15-18H2,1-2H3/p+1. The first-order valence-corrected chi connectivity index (χ1v) is 12.4. The molecule has 0 unspecified atom stereocenters. The molecule has 1 fully saturated rings. The Morgan fingerprint density at radius 1 is 0.765 bits per heavy atom. The highest BCUT2D eigenvalue weighted by Gasteiger charge is 2.18. The minimum atomic E-state index is 0.781. The third-order valence-corrected chi connectivity index (χ3v) is 7.38. The Morgan fingerprint density at radius 3 is 1.88 bits per heavy atom. The van der Waals surface area contributed by atoms with Gasteiger partial charge in [-0.1, -0.05) is 36.0 Å². The number of hydrogen-bond acceptors (Lipinski definition) is 4. The van der Waals surface area contributed by atoms with E-state index in [2.05, 4.69) is 96.4 Å². The van der Waals surface area contributed by atoms with Crippen molar-refractivity contribution < 1.29 is 9.31 Å². The van der Waals surface area contributed by atoms with Gasteiger partial charge >= 0.3 is 0 Å². The molecular weight excluding hydrogens is 438 g/mol. The summed E-state index contributed by atoms with van der Waals surface area (Å²) in [6.45, 7) is 3.48. The fourth-order valence-electron chi connectivity index (χ4n) is 4.21. The smallest absolute Gasteiger partial charge is 0.199 e. The van der Waals surface area contributed by atoms with Gasteiger partial charge in [0.05, 0.1) is 13.2 Å². The fraction of sp³-hybridized carbons (Fsp3) is 0.207. The molecule has 3 aliphatic rings. The molecule has 5 heteroatoms. The van der Waals surface area contributed by atoms with E-state index < -0.39 is 0 Å². The monoisotopic (exact) mass is 468 g/mol. The predicted molar refractivity (Wildman–Crippen MR) is 146 cm³/mol. The summed E-state index contributed by atoms with van der Waals surface area (Å²) in [7, 11) is 4.13. The van der Waals surface area contributed by atoms with Gasteiger partial charge in [0, 0.05) is 46.4 Å². The lowest BCUT2D eigenvalue weighted by Gasteiger charge is -2.29. The molecule has 0 amide bonds. The molecule has 0 bridgehead atoms. The molecule has 0 radical (unpaired) electrons. The molecule has 2 aromatic rings. The highest BCUT2D eigenvalue weighted by molar-refractivity contribution is 8.16. The van der Waals surface area contributed by atoms with Crippen LogP contribution in [0.25, 0.3) is 9.81 Å². The summed E-state index contributed by atoms with van der Waals surface area (Å²) in [5.41, 5.74) is 14.0. The van der Waals surface area contributed by atoms with Gasteiger partial charge in [-0.25, -0.2) is 4.58 Å². The number of nitrogens with two attached hydrogens (primary N) is 1. The number of ether oxygens (including phenoxy) is 1. The van der Waals surface area contributed by atoms with Crippen LogP contribution in [-0.2, 0) is 4.74 Å². The van der Waals surface area contributed by atoms with Crippen molar-refractivity contribution in [1.29, 1.82) is 0 Å². The van der Waals surface area contributed by atoms with Crippen LogP contribution in [0.5, 0.6) is 0 Å². The van der Waals surface area contributed by atoms with E-state index in [4.69, 9.17) is 10.5 Å². The number of benzene rings is 2. The van der Waals surface area contributed by atoms with Crippen molar-refractivity contribution in [1.82, 2.24) is 0 Å². The molecule has 0 saturated carbocycles. The van der Waals surface area contributed by atoms with Crippen LogP contribution in [0.2, 0.25) is 0 Å². The maximum absolute atomic E-state index is 5.95. The van der Waals surface area contributed by atoms with Crippen molar-refractivity contribution in [3.8, 4) is 0 Å². The quantitative estimate of drug-likeness (QED) is 0.486. The van der Waals surface area contributed by atoms with Crippen LogP contribution < -0.4 is 10.6 Å². The number of anilines is 2. The molecule has 0 atom stereocenters. The van der Waals surface area contributed by atoms with E-state index in [9.17, 15) is 0 Å². The first-order valence-electron chi connectivity index (χ1n) is 11.6. The van der Waals surface area contributed by atoms with Crippen LogP contribution in [0.3, 0.4) is 0 Å². The molecule has 2 heterocycles. The summed E-state index contributed by atoms with van der Waals surface area (Å²) in [6.07, 6.45) is 13.3. The number of allylic oxidation sites excluding steroid dienone is 8. The Bertz CT molecular complexity index is 1230. The minimum absolute atomic E-state index is 0.781. The summed E-state index contributed by atoms with van der Waals surface area (Å²) in [5, 5.41) is 0. The predicted octanol–water partition coefficient (Wildman–Crippen LogP) is 5.37. The van der Waals surface area contributed by atoms with Gasteiger partial charge in [-0.05, 0) is 70.8 Å². The Hall–Kier alpha value is -3.28. The highest BCUT2D eigenvalue weighted by Crippen LogP contribution is 2.45. The highest BCUT2D eigenvalue weighted by atomic mass is 32.2. The van der Waals surface area contributed by atoms with Crippen LogP contribution in [-0.4, -0.2) is 50.7 Å². The maximum Gasteiger partial charge on any atom is 0.199 e. The number of morpholine rings is 1. The number of nitrogens with zero attached hydrogens (tertiary/aromatic N) is 2. The molecule has 5 rings (SSSR count). The second-order valence-corrected chi connectivity index (χ2v) is 9.87. The molecule has 1 aliphatic carbocycles. The third kappa shape index (κ3) is 4.96. The number of thioether (sulfide) groups is 1. The van der Waals surface area contributed by atoms with E-state index in [0.29, 0.717) is 0 Å². The SMILES string of the molecule is C[N+](C)=C1C=CC(=C2C=C(c3ccc(N)cc3)SC(c3ccc(N4CCOCC4)cc3)=C2)C=C1. The Labute approximate surface area is 206 Å². The molecule has 2 aromatic carbocycles.